The number of anilines is 1. The van der Waals surface area contributed by atoms with Crippen molar-refractivity contribution in [2.45, 2.75) is 13.0 Å². The van der Waals surface area contributed by atoms with E-state index >= 15 is 0 Å². The Labute approximate surface area is 94.6 Å². The molecule has 1 atom stereocenters. The molecule has 0 fully saturated rings. The lowest BCUT2D eigenvalue weighted by atomic mass is 10.2. The molecular formula is C9H9F2N3O3. The zero-order valence-electron chi connectivity index (χ0n) is 8.74. The Hall–Kier alpha value is -2.09. The van der Waals surface area contributed by atoms with Crippen LogP contribution in [-0.2, 0) is 4.79 Å². The Morgan fingerprint density at radius 2 is 2.12 bits per heavy atom. The van der Waals surface area contributed by atoms with Gasteiger partial charge in [0.15, 0.2) is 17.3 Å². The summed E-state index contributed by atoms with van der Waals surface area (Å²) in [6, 6.07) is 0.363. The largest absolute Gasteiger partial charge is 0.320 e. The number of hydrogen-bond acceptors (Lipinski definition) is 4. The van der Waals surface area contributed by atoms with Crippen LogP contribution in [0.3, 0.4) is 0 Å². The lowest BCUT2D eigenvalue weighted by molar-refractivity contribution is -0.384. The molecule has 0 saturated carbocycles. The minimum absolute atomic E-state index is 0.606. The third kappa shape index (κ3) is 2.72. The number of hydrogen-bond donors (Lipinski definition) is 2. The number of carbonyl (C=O) groups excluding carboxylic acids is 1. The van der Waals surface area contributed by atoms with Crippen LogP contribution < -0.4 is 11.1 Å². The van der Waals surface area contributed by atoms with Gasteiger partial charge in [-0.15, -0.1) is 0 Å². The second-order valence-corrected chi connectivity index (χ2v) is 3.29. The summed E-state index contributed by atoms with van der Waals surface area (Å²) in [5, 5.41) is 12.5. The molecule has 0 unspecified atom stereocenters. The standard InChI is InChI=1S/C9H9F2N3O3/c1-4(12)9(15)13-8-6(14(16)17)3-2-5(10)7(8)11/h2-4H,12H2,1H3,(H,13,15)/t4-/m1/s1. The minimum Gasteiger partial charge on any atom is -0.320 e. The summed E-state index contributed by atoms with van der Waals surface area (Å²) in [5.41, 5.74) is 3.64. The molecule has 0 bridgehead atoms. The van der Waals surface area contributed by atoms with Gasteiger partial charge < -0.3 is 11.1 Å². The molecule has 1 amide bonds. The van der Waals surface area contributed by atoms with Crippen molar-refractivity contribution in [1.82, 2.24) is 0 Å². The molecule has 0 spiro atoms. The molecule has 6 nitrogen and oxygen atoms in total. The molecule has 17 heavy (non-hydrogen) atoms. The summed E-state index contributed by atoms with van der Waals surface area (Å²) in [4.78, 5) is 20.8. The summed E-state index contributed by atoms with van der Waals surface area (Å²) in [6.07, 6.45) is 0. The number of nitrogens with zero attached hydrogens (tertiary/aromatic N) is 1. The molecule has 0 saturated heterocycles. The average Bonchev–Trinajstić information content (AvgIpc) is 2.24. The number of carbonyl (C=O) groups is 1. The minimum atomic E-state index is -1.49. The first-order chi connectivity index (χ1) is 7.84. The van der Waals surface area contributed by atoms with Gasteiger partial charge in [-0.1, -0.05) is 0 Å². The van der Waals surface area contributed by atoms with Crippen molar-refractivity contribution in [1.29, 1.82) is 0 Å². The number of rotatable bonds is 3. The van der Waals surface area contributed by atoms with Gasteiger partial charge in [0, 0.05) is 6.07 Å². The molecular weight excluding hydrogens is 236 g/mol. The smallest absolute Gasteiger partial charge is 0.296 e. The van der Waals surface area contributed by atoms with Crippen LogP contribution in [0.25, 0.3) is 0 Å². The highest BCUT2D eigenvalue weighted by atomic mass is 19.2. The zero-order valence-corrected chi connectivity index (χ0v) is 8.74. The monoisotopic (exact) mass is 245 g/mol. The highest BCUT2D eigenvalue weighted by Gasteiger charge is 2.24. The van der Waals surface area contributed by atoms with E-state index in [0.717, 1.165) is 6.07 Å². The van der Waals surface area contributed by atoms with E-state index in [4.69, 9.17) is 5.73 Å². The quantitative estimate of drug-likeness (QED) is 0.616. The highest BCUT2D eigenvalue weighted by Crippen LogP contribution is 2.28. The van der Waals surface area contributed by atoms with Crippen molar-refractivity contribution in [2.75, 3.05) is 5.32 Å². The molecule has 3 N–H and O–H groups in total. The molecule has 1 aromatic carbocycles. The molecule has 8 heteroatoms. The van der Waals surface area contributed by atoms with Gasteiger partial charge in [0.25, 0.3) is 5.69 Å². The predicted octanol–water partition coefficient (Wildman–Crippen LogP) is 1.16. The van der Waals surface area contributed by atoms with Gasteiger partial charge in [0.05, 0.1) is 11.0 Å². The molecule has 0 aliphatic rings. The molecule has 0 radical (unpaired) electrons. The number of halogens is 2. The van der Waals surface area contributed by atoms with E-state index in [9.17, 15) is 23.7 Å². The fourth-order valence-corrected chi connectivity index (χ4v) is 1.05. The van der Waals surface area contributed by atoms with Crippen molar-refractivity contribution in [3.05, 3.63) is 33.9 Å². The number of nitro benzene ring substituents is 1. The van der Waals surface area contributed by atoms with Crippen molar-refractivity contribution in [3.8, 4) is 0 Å². The maximum absolute atomic E-state index is 13.3. The van der Waals surface area contributed by atoms with Crippen LogP contribution in [0.5, 0.6) is 0 Å². The molecule has 92 valence electrons. The summed E-state index contributed by atoms with van der Waals surface area (Å²) >= 11 is 0. The van der Waals surface area contributed by atoms with Crippen LogP contribution in [0.1, 0.15) is 6.92 Å². The second-order valence-electron chi connectivity index (χ2n) is 3.29. The summed E-state index contributed by atoms with van der Waals surface area (Å²) in [6.45, 7) is 1.30. The van der Waals surface area contributed by atoms with Gasteiger partial charge in [0.2, 0.25) is 5.91 Å². The third-order valence-corrected chi connectivity index (χ3v) is 1.93. The molecule has 0 aliphatic carbocycles. The van der Waals surface area contributed by atoms with Crippen LogP contribution in [0, 0.1) is 21.7 Å². The van der Waals surface area contributed by atoms with Gasteiger partial charge in [-0.05, 0) is 13.0 Å². The van der Waals surface area contributed by atoms with E-state index in [1.54, 1.807) is 0 Å². The number of nitrogens with one attached hydrogen (secondary N) is 1. The maximum atomic E-state index is 13.3. The van der Waals surface area contributed by atoms with Crippen molar-refractivity contribution < 1.29 is 18.5 Å². The number of amides is 1. The maximum Gasteiger partial charge on any atom is 0.296 e. The fraction of sp³-hybridized carbons (Fsp3) is 0.222. The number of benzene rings is 1. The topological polar surface area (TPSA) is 98.3 Å². The Balaban J connectivity index is 3.24. The Kier molecular flexibility index (Phi) is 3.69. The van der Waals surface area contributed by atoms with Crippen molar-refractivity contribution in [3.63, 3.8) is 0 Å². The van der Waals surface area contributed by atoms with Gasteiger partial charge in [-0.3, -0.25) is 14.9 Å². The summed E-state index contributed by atoms with van der Waals surface area (Å²) < 4.78 is 26.2. The van der Waals surface area contributed by atoms with E-state index in [1.165, 1.54) is 6.92 Å². The van der Waals surface area contributed by atoms with Gasteiger partial charge in [-0.25, -0.2) is 8.78 Å². The second kappa shape index (κ2) is 4.83. The number of nitrogens with two attached hydrogens (primary N) is 1. The SMILES string of the molecule is C[C@@H](N)C(=O)Nc1c([N+](=O)[O-])ccc(F)c1F. The van der Waals surface area contributed by atoms with Crippen LogP contribution in [0.15, 0.2) is 12.1 Å². The third-order valence-electron chi connectivity index (χ3n) is 1.93. The highest BCUT2D eigenvalue weighted by molar-refractivity contribution is 5.96. The van der Waals surface area contributed by atoms with Crippen LogP contribution in [0.4, 0.5) is 20.2 Å². The first kappa shape index (κ1) is 13.0. The summed E-state index contributed by atoms with van der Waals surface area (Å²) in [5.74, 6) is -3.64. The normalized spacial score (nSPS) is 12.0. The Morgan fingerprint density at radius 3 is 2.59 bits per heavy atom. The first-order valence-corrected chi connectivity index (χ1v) is 4.53. The van der Waals surface area contributed by atoms with Gasteiger partial charge >= 0.3 is 0 Å². The molecule has 1 aromatic rings. The Bertz CT molecular complexity index is 477. The van der Waals surface area contributed by atoms with Crippen molar-refractivity contribution >= 4 is 17.3 Å². The Morgan fingerprint density at radius 1 is 1.53 bits per heavy atom. The first-order valence-electron chi connectivity index (χ1n) is 4.53. The average molecular weight is 245 g/mol. The van der Waals surface area contributed by atoms with Gasteiger partial charge in [-0.2, -0.15) is 0 Å². The van der Waals surface area contributed by atoms with E-state index in [0.29, 0.717) is 6.07 Å². The van der Waals surface area contributed by atoms with Crippen LogP contribution in [-0.4, -0.2) is 16.9 Å². The molecule has 0 aromatic heterocycles. The molecule has 0 aliphatic heterocycles. The fourth-order valence-electron chi connectivity index (χ4n) is 1.05. The van der Waals surface area contributed by atoms with Crippen molar-refractivity contribution in [2.24, 2.45) is 5.73 Å². The van der Waals surface area contributed by atoms with Gasteiger partial charge in [0.1, 0.15) is 0 Å². The molecule has 0 heterocycles. The lowest BCUT2D eigenvalue weighted by Crippen LogP contribution is -2.33. The van der Waals surface area contributed by atoms with E-state index in [1.807, 2.05) is 5.32 Å². The predicted molar refractivity (Wildman–Crippen MR) is 55.3 cm³/mol. The van der Waals surface area contributed by atoms with Crippen LogP contribution in [0.2, 0.25) is 0 Å². The zero-order chi connectivity index (χ0) is 13.2. The lowest BCUT2D eigenvalue weighted by Gasteiger charge is -2.09. The van der Waals surface area contributed by atoms with E-state index in [-0.39, 0.29) is 0 Å². The number of nitro groups is 1. The van der Waals surface area contributed by atoms with E-state index in [2.05, 4.69) is 0 Å². The van der Waals surface area contributed by atoms with Crippen LogP contribution >= 0.6 is 0 Å². The summed E-state index contributed by atoms with van der Waals surface area (Å²) in [7, 11) is 0. The van der Waals surface area contributed by atoms with E-state index < -0.39 is 39.9 Å². The molecule has 1 rings (SSSR count).